The molecule has 1 aromatic heterocycles. The topological polar surface area (TPSA) is 85.4 Å². The number of benzene rings is 1. The summed E-state index contributed by atoms with van der Waals surface area (Å²) in [7, 11) is 0. The third-order valence-corrected chi connectivity index (χ3v) is 2.52. The van der Waals surface area contributed by atoms with Gasteiger partial charge in [0.05, 0.1) is 0 Å². The summed E-state index contributed by atoms with van der Waals surface area (Å²) in [6, 6.07) is 7.78. The maximum absolute atomic E-state index is 12.4. The van der Waals surface area contributed by atoms with Gasteiger partial charge in [-0.05, 0) is 18.2 Å². The lowest BCUT2D eigenvalue weighted by Crippen LogP contribution is -2.18. The number of aromatic carboxylic acids is 1. The molecular weight excluding hydrogens is 289 g/mol. The third kappa shape index (κ3) is 3.41. The second-order valence-corrected chi connectivity index (χ2v) is 3.98. The largest absolute Gasteiger partial charge is 0.573 e. The van der Waals surface area contributed by atoms with Gasteiger partial charge in [0.1, 0.15) is 11.6 Å². The number of nitrogen functional groups attached to an aromatic ring is 1. The quantitative estimate of drug-likeness (QED) is 0.910. The average Bonchev–Trinajstić information content (AvgIpc) is 2.37. The first kappa shape index (κ1) is 14.6. The minimum atomic E-state index is -4.89. The lowest BCUT2D eigenvalue weighted by Gasteiger charge is -2.14. The number of halogens is 3. The Labute approximate surface area is 116 Å². The van der Waals surface area contributed by atoms with Crippen molar-refractivity contribution in [3.8, 4) is 16.9 Å². The number of nitrogens with two attached hydrogens (primary N) is 1. The summed E-state index contributed by atoms with van der Waals surface area (Å²) in [5.74, 6) is -1.97. The molecule has 0 radical (unpaired) electrons. The van der Waals surface area contributed by atoms with Crippen LogP contribution in [0.15, 0.2) is 36.4 Å². The number of para-hydroxylation sites is 1. The predicted octanol–water partition coefficient (Wildman–Crippen LogP) is 2.93. The molecule has 110 valence electrons. The molecule has 0 amide bonds. The summed E-state index contributed by atoms with van der Waals surface area (Å²) in [6.45, 7) is 0. The number of aromatic nitrogens is 1. The number of anilines is 1. The van der Waals surface area contributed by atoms with Crippen LogP contribution in [0, 0.1) is 0 Å². The maximum atomic E-state index is 12.4. The summed E-state index contributed by atoms with van der Waals surface area (Å²) in [6.07, 6.45) is -4.89. The number of nitrogens with zero attached hydrogens (tertiary/aromatic N) is 1. The van der Waals surface area contributed by atoms with Crippen molar-refractivity contribution < 1.29 is 27.8 Å². The molecule has 0 saturated heterocycles. The van der Waals surface area contributed by atoms with Gasteiger partial charge in [-0.2, -0.15) is 0 Å². The van der Waals surface area contributed by atoms with Gasteiger partial charge in [-0.25, -0.2) is 9.78 Å². The molecule has 2 rings (SSSR count). The Balaban J connectivity index is 2.60. The summed E-state index contributed by atoms with van der Waals surface area (Å²) in [5, 5.41) is 9.09. The Morgan fingerprint density at radius 1 is 1.14 bits per heavy atom. The van der Waals surface area contributed by atoms with Gasteiger partial charge in [-0.1, -0.05) is 18.2 Å². The van der Waals surface area contributed by atoms with Crippen LogP contribution >= 0.6 is 0 Å². The molecule has 0 unspecified atom stereocenters. The molecule has 0 bridgehead atoms. The molecule has 0 spiro atoms. The number of rotatable bonds is 3. The Morgan fingerprint density at radius 2 is 1.81 bits per heavy atom. The Morgan fingerprint density at radius 3 is 2.43 bits per heavy atom. The molecule has 0 atom stereocenters. The number of ether oxygens (including phenoxy) is 1. The van der Waals surface area contributed by atoms with E-state index in [1.54, 1.807) is 0 Å². The standard InChI is InChI=1S/C13H9F3N2O3/c14-13(15,16)21-9-4-2-1-3-7(9)8-5-6-10(17)18-11(8)12(19)20/h1-6H,(H2,17,18)(H,19,20). The van der Waals surface area contributed by atoms with E-state index in [0.29, 0.717) is 0 Å². The first-order valence-electron chi connectivity index (χ1n) is 5.63. The number of hydrogen-bond donors (Lipinski definition) is 2. The monoisotopic (exact) mass is 298 g/mol. The van der Waals surface area contributed by atoms with Crippen molar-refractivity contribution in [1.29, 1.82) is 0 Å². The average molecular weight is 298 g/mol. The summed E-state index contributed by atoms with van der Waals surface area (Å²) in [4.78, 5) is 14.8. The van der Waals surface area contributed by atoms with Crippen molar-refractivity contribution in [2.75, 3.05) is 5.73 Å². The Hall–Kier alpha value is -2.77. The van der Waals surface area contributed by atoms with Gasteiger partial charge < -0.3 is 15.6 Å². The zero-order chi connectivity index (χ0) is 15.6. The molecule has 2 aromatic rings. The second kappa shape index (κ2) is 5.31. The van der Waals surface area contributed by atoms with Crippen LogP contribution in [0.3, 0.4) is 0 Å². The number of pyridine rings is 1. The minimum absolute atomic E-state index is 0.0171. The highest BCUT2D eigenvalue weighted by molar-refractivity contribution is 5.95. The smallest absolute Gasteiger partial charge is 0.476 e. The fourth-order valence-electron chi connectivity index (χ4n) is 1.76. The lowest BCUT2D eigenvalue weighted by molar-refractivity contribution is -0.274. The first-order chi connectivity index (χ1) is 9.78. The molecule has 0 aliphatic carbocycles. The Bertz CT molecular complexity index is 687. The molecule has 0 fully saturated rings. The van der Waals surface area contributed by atoms with E-state index >= 15 is 0 Å². The molecule has 1 heterocycles. The van der Waals surface area contributed by atoms with Crippen molar-refractivity contribution in [2.24, 2.45) is 0 Å². The van der Waals surface area contributed by atoms with Crippen LogP contribution < -0.4 is 10.5 Å². The highest BCUT2D eigenvalue weighted by Gasteiger charge is 2.32. The highest BCUT2D eigenvalue weighted by Crippen LogP contribution is 2.35. The van der Waals surface area contributed by atoms with E-state index in [0.717, 1.165) is 6.07 Å². The van der Waals surface area contributed by atoms with Gasteiger partial charge in [-0.15, -0.1) is 13.2 Å². The fraction of sp³-hybridized carbons (Fsp3) is 0.0769. The molecular formula is C13H9F3N2O3. The normalized spacial score (nSPS) is 11.2. The van der Waals surface area contributed by atoms with Crippen LogP contribution in [0.5, 0.6) is 5.75 Å². The number of carboxylic acids is 1. The number of alkyl halides is 3. The van der Waals surface area contributed by atoms with Gasteiger partial charge >= 0.3 is 12.3 Å². The van der Waals surface area contributed by atoms with Crippen LogP contribution in [-0.2, 0) is 0 Å². The SMILES string of the molecule is Nc1ccc(-c2ccccc2OC(F)(F)F)c(C(=O)O)n1. The van der Waals surface area contributed by atoms with Gasteiger partial charge in [0.25, 0.3) is 0 Å². The van der Waals surface area contributed by atoms with Crippen molar-refractivity contribution >= 4 is 11.8 Å². The molecule has 3 N–H and O–H groups in total. The second-order valence-electron chi connectivity index (χ2n) is 3.98. The van der Waals surface area contributed by atoms with Crippen molar-refractivity contribution in [3.63, 3.8) is 0 Å². The van der Waals surface area contributed by atoms with Crippen molar-refractivity contribution in [1.82, 2.24) is 4.98 Å². The van der Waals surface area contributed by atoms with Gasteiger partial charge in [0.15, 0.2) is 5.69 Å². The van der Waals surface area contributed by atoms with Crippen molar-refractivity contribution in [3.05, 3.63) is 42.1 Å². The van der Waals surface area contributed by atoms with E-state index < -0.39 is 23.8 Å². The van der Waals surface area contributed by atoms with E-state index in [9.17, 15) is 18.0 Å². The highest BCUT2D eigenvalue weighted by atomic mass is 19.4. The van der Waals surface area contributed by atoms with Gasteiger partial charge in [0.2, 0.25) is 0 Å². The molecule has 0 saturated carbocycles. The van der Waals surface area contributed by atoms with E-state index in [1.165, 1.54) is 30.3 Å². The molecule has 0 aliphatic rings. The van der Waals surface area contributed by atoms with Crippen LogP contribution in [0.25, 0.3) is 11.1 Å². The number of hydrogen-bond acceptors (Lipinski definition) is 4. The first-order valence-corrected chi connectivity index (χ1v) is 5.63. The lowest BCUT2D eigenvalue weighted by atomic mass is 10.0. The van der Waals surface area contributed by atoms with E-state index in [1.807, 2.05) is 0 Å². The minimum Gasteiger partial charge on any atom is -0.476 e. The van der Waals surface area contributed by atoms with E-state index in [4.69, 9.17) is 10.8 Å². The van der Waals surface area contributed by atoms with Crippen LogP contribution in [0.1, 0.15) is 10.5 Å². The van der Waals surface area contributed by atoms with E-state index in [-0.39, 0.29) is 16.9 Å². The summed E-state index contributed by atoms with van der Waals surface area (Å²) in [5.41, 5.74) is 4.89. The molecule has 1 aromatic carbocycles. The third-order valence-electron chi connectivity index (χ3n) is 2.52. The maximum Gasteiger partial charge on any atom is 0.573 e. The zero-order valence-corrected chi connectivity index (χ0v) is 10.4. The molecule has 8 heteroatoms. The van der Waals surface area contributed by atoms with Crippen LogP contribution in [0.2, 0.25) is 0 Å². The van der Waals surface area contributed by atoms with Gasteiger partial charge in [-0.3, -0.25) is 0 Å². The number of carboxylic acid groups (broad SMARTS) is 1. The Kier molecular flexibility index (Phi) is 3.70. The molecule has 21 heavy (non-hydrogen) atoms. The fourth-order valence-corrected chi connectivity index (χ4v) is 1.76. The van der Waals surface area contributed by atoms with Crippen molar-refractivity contribution in [2.45, 2.75) is 6.36 Å². The zero-order valence-electron chi connectivity index (χ0n) is 10.4. The number of carbonyl (C=O) groups is 1. The van der Waals surface area contributed by atoms with Gasteiger partial charge in [0, 0.05) is 11.1 Å². The molecule has 5 nitrogen and oxygen atoms in total. The van der Waals surface area contributed by atoms with E-state index in [2.05, 4.69) is 9.72 Å². The predicted molar refractivity (Wildman–Crippen MR) is 67.7 cm³/mol. The van der Waals surface area contributed by atoms with Crippen LogP contribution in [0.4, 0.5) is 19.0 Å². The van der Waals surface area contributed by atoms with Crippen LogP contribution in [-0.4, -0.2) is 22.4 Å². The molecule has 0 aliphatic heterocycles. The summed E-state index contributed by atoms with van der Waals surface area (Å²) >= 11 is 0. The summed E-state index contributed by atoms with van der Waals surface area (Å²) < 4.78 is 41.1.